The molecule has 0 radical (unpaired) electrons. The van der Waals surface area contributed by atoms with Gasteiger partial charge in [-0.25, -0.2) is 0 Å². The Hall–Kier alpha value is -1.75. The molecule has 0 saturated carbocycles. The van der Waals surface area contributed by atoms with Crippen LogP contribution in [-0.4, -0.2) is 56.7 Å². The SMILES string of the molecule is CC(C)CN=C(N)NCCCN1CCN(c2ccccc2)CC1. The maximum atomic E-state index is 5.84. The maximum Gasteiger partial charge on any atom is 0.188 e. The third-order valence-electron chi connectivity index (χ3n) is 4.08. The van der Waals surface area contributed by atoms with Gasteiger partial charge in [0.2, 0.25) is 0 Å². The monoisotopic (exact) mass is 317 g/mol. The summed E-state index contributed by atoms with van der Waals surface area (Å²) < 4.78 is 0. The van der Waals surface area contributed by atoms with E-state index in [9.17, 15) is 0 Å². The molecule has 1 heterocycles. The molecule has 0 spiro atoms. The van der Waals surface area contributed by atoms with Gasteiger partial charge in [0, 0.05) is 45.0 Å². The van der Waals surface area contributed by atoms with Crippen LogP contribution in [0.25, 0.3) is 0 Å². The van der Waals surface area contributed by atoms with Crippen LogP contribution in [0.2, 0.25) is 0 Å². The predicted molar refractivity (Wildman–Crippen MR) is 99.0 cm³/mol. The van der Waals surface area contributed by atoms with Crippen LogP contribution in [0.4, 0.5) is 5.69 Å². The molecule has 0 aromatic heterocycles. The van der Waals surface area contributed by atoms with Crippen LogP contribution >= 0.6 is 0 Å². The lowest BCUT2D eigenvalue weighted by Gasteiger charge is -2.36. The Morgan fingerprint density at radius 1 is 1.17 bits per heavy atom. The summed E-state index contributed by atoms with van der Waals surface area (Å²) in [5, 5.41) is 3.20. The van der Waals surface area contributed by atoms with Crippen molar-refractivity contribution in [3.63, 3.8) is 0 Å². The average molecular weight is 317 g/mol. The molecule has 0 atom stereocenters. The molecule has 23 heavy (non-hydrogen) atoms. The van der Waals surface area contributed by atoms with Gasteiger partial charge in [-0.1, -0.05) is 32.0 Å². The van der Waals surface area contributed by atoms with Crippen LogP contribution in [0, 0.1) is 5.92 Å². The van der Waals surface area contributed by atoms with E-state index < -0.39 is 0 Å². The fourth-order valence-corrected chi connectivity index (χ4v) is 2.72. The number of nitrogens with one attached hydrogen (secondary N) is 1. The Bertz CT molecular complexity index is 464. The highest BCUT2D eigenvalue weighted by atomic mass is 15.3. The summed E-state index contributed by atoms with van der Waals surface area (Å²) in [6.07, 6.45) is 1.10. The number of hydrogen-bond acceptors (Lipinski definition) is 3. The van der Waals surface area contributed by atoms with Gasteiger partial charge in [0.25, 0.3) is 0 Å². The van der Waals surface area contributed by atoms with Crippen LogP contribution in [-0.2, 0) is 0 Å². The maximum absolute atomic E-state index is 5.84. The van der Waals surface area contributed by atoms with E-state index >= 15 is 0 Å². The summed E-state index contributed by atoms with van der Waals surface area (Å²) in [5.74, 6) is 1.13. The van der Waals surface area contributed by atoms with Gasteiger partial charge >= 0.3 is 0 Å². The Morgan fingerprint density at radius 3 is 2.52 bits per heavy atom. The summed E-state index contributed by atoms with van der Waals surface area (Å²) in [5.41, 5.74) is 7.18. The number of para-hydroxylation sites is 1. The minimum absolute atomic E-state index is 0.552. The predicted octanol–water partition coefficient (Wildman–Crippen LogP) is 1.76. The van der Waals surface area contributed by atoms with Crippen molar-refractivity contribution in [1.29, 1.82) is 0 Å². The number of benzene rings is 1. The lowest BCUT2D eigenvalue weighted by Crippen LogP contribution is -2.47. The van der Waals surface area contributed by atoms with E-state index in [1.807, 2.05) is 0 Å². The zero-order valence-electron chi connectivity index (χ0n) is 14.5. The summed E-state index contributed by atoms with van der Waals surface area (Å²) in [7, 11) is 0. The highest BCUT2D eigenvalue weighted by Crippen LogP contribution is 2.15. The molecule has 1 aromatic carbocycles. The van der Waals surface area contributed by atoms with Gasteiger partial charge in [-0.15, -0.1) is 0 Å². The molecule has 0 unspecified atom stereocenters. The molecule has 1 aliphatic heterocycles. The third-order valence-corrected chi connectivity index (χ3v) is 4.08. The smallest absolute Gasteiger partial charge is 0.188 e. The van der Waals surface area contributed by atoms with Crippen molar-refractivity contribution in [2.24, 2.45) is 16.6 Å². The molecule has 3 N–H and O–H groups in total. The number of nitrogens with zero attached hydrogens (tertiary/aromatic N) is 3. The van der Waals surface area contributed by atoms with E-state index in [1.165, 1.54) is 5.69 Å². The lowest BCUT2D eigenvalue weighted by molar-refractivity contribution is 0.255. The summed E-state index contributed by atoms with van der Waals surface area (Å²) in [6.45, 7) is 11.6. The zero-order valence-corrected chi connectivity index (χ0v) is 14.5. The summed E-state index contributed by atoms with van der Waals surface area (Å²) in [6, 6.07) is 10.7. The van der Waals surface area contributed by atoms with Crippen LogP contribution < -0.4 is 16.0 Å². The van der Waals surface area contributed by atoms with Crippen molar-refractivity contribution in [1.82, 2.24) is 10.2 Å². The standard InChI is InChI=1S/C18H31N5/c1-16(2)15-21-18(19)20-9-6-10-22-11-13-23(14-12-22)17-7-4-3-5-8-17/h3-5,7-8,16H,6,9-15H2,1-2H3,(H3,19,20,21). The van der Waals surface area contributed by atoms with E-state index in [0.29, 0.717) is 11.9 Å². The van der Waals surface area contributed by atoms with Gasteiger partial charge in [0.05, 0.1) is 0 Å². The summed E-state index contributed by atoms with van der Waals surface area (Å²) in [4.78, 5) is 9.31. The first-order valence-electron chi connectivity index (χ1n) is 8.71. The normalized spacial score (nSPS) is 16.8. The number of anilines is 1. The molecule has 1 saturated heterocycles. The number of piperazine rings is 1. The summed E-state index contributed by atoms with van der Waals surface area (Å²) >= 11 is 0. The minimum Gasteiger partial charge on any atom is -0.370 e. The second kappa shape index (κ2) is 9.40. The topological polar surface area (TPSA) is 56.9 Å². The van der Waals surface area contributed by atoms with Crippen molar-refractivity contribution in [3.8, 4) is 0 Å². The van der Waals surface area contributed by atoms with E-state index in [-0.39, 0.29) is 0 Å². The molecule has 128 valence electrons. The quantitative estimate of drug-likeness (QED) is 0.457. The first-order chi connectivity index (χ1) is 11.1. The fourth-order valence-electron chi connectivity index (χ4n) is 2.72. The second-order valence-electron chi connectivity index (χ2n) is 6.56. The molecular formula is C18H31N5. The largest absolute Gasteiger partial charge is 0.370 e. The van der Waals surface area contributed by atoms with Gasteiger partial charge in [-0.3, -0.25) is 9.89 Å². The highest BCUT2D eigenvalue weighted by molar-refractivity contribution is 5.77. The van der Waals surface area contributed by atoms with E-state index in [1.54, 1.807) is 0 Å². The molecule has 5 nitrogen and oxygen atoms in total. The molecule has 0 bridgehead atoms. The van der Waals surface area contributed by atoms with Gasteiger partial charge in [-0.05, 0) is 31.0 Å². The fraction of sp³-hybridized carbons (Fsp3) is 0.611. The van der Waals surface area contributed by atoms with Gasteiger partial charge in [-0.2, -0.15) is 0 Å². The van der Waals surface area contributed by atoms with Crippen molar-refractivity contribution in [3.05, 3.63) is 30.3 Å². The number of rotatable bonds is 7. The van der Waals surface area contributed by atoms with Crippen molar-refractivity contribution < 1.29 is 0 Å². The molecule has 1 fully saturated rings. The molecule has 0 amide bonds. The molecule has 5 heteroatoms. The first kappa shape index (κ1) is 17.6. The van der Waals surface area contributed by atoms with Crippen molar-refractivity contribution in [2.45, 2.75) is 20.3 Å². The van der Waals surface area contributed by atoms with Crippen LogP contribution in [0.1, 0.15) is 20.3 Å². The Balaban J connectivity index is 1.59. The second-order valence-corrected chi connectivity index (χ2v) is 6.56. The number of nitrogens with two attached hydrogens (primary N) is 1. The third kappa shape index (κ3) is 6.48. The molecular weight excluding hydrogens is 286 g/mol. The first-order valence-corrected chi connectivity index (χ1v) is 8.71. The Morgan fingerprint density at radius 2 is 1.87 bits per heavy atom. The number of guanidine groups is 1. The van der Waals surface area contributed by atoms with Gasteiger partial charge in [0.1, 0.15) is 0 Å². The van der Waals surface area contributed by atoms with Gasteiger partial charge in [0.15, 0.2) is 5.96 Å². The molecule has 1 aliphatic rings. The van der Waals surface area contributed by atoms with Crippen LogP contribution in [0.15, 0.2) is 35.3 Å². The Kier molecular flexibility index (Phi) is 7.20. The minimum atomic E-state index is 0.552. The van der Waals surface area contributed by atoms with Crippen molar-refractivity contribution in [2.75, 3.05) is 50.7 Å². The van der Waals surface area contributed by atoms with E-state index in [2.05, 4.69) is 64.3 Å². The van der Waals surface area contributed by atoms with Gasteiger partial charge < -0.3 is 16.0 Å². The van der Waals surface area contributed by atoms with E-state index in [4.69, 9.17) is 5.73 Å². The lowest BCUT2D eigenvalue weighted by atomic mass is 10.2. The molecule has 2 rings (SSSR count). The molecule has 1 aromatic rings. The van der Waals surface area contributed by atoms with Crippen LogP contribution in [0.5, 0.6) is 0 Å². The molecule has 0 aliphatic carbocycles. The Labute approximate surface area is 140 Å². The number of aliphatic imine (C=N–C) groups is 1. The van der Waals surface area contributed by atoms with E-state index in [0.717, 1.165) is 52.2 Å². The number of hydrogen-bond donors (Lipinski definition) is 2. The highest BCUT2D eigenvalue weighted by Gasteiger charge is 2.16. The average Bonchev–Trinajstić information content (AvgIpc) is 2.58. The van der Waals surface area contributed by atoms with Crippen LogP contribution in [0.3, 0.4) is 0 Å². The zero-order chi connectivity index (χ0) is 16.5. The van der Waals surface area contributed by atoms with Crippen molar-refractivity contribution >= 4 is 11.6 Å².